The van der Waals surface area contributed by atoms with E-state index in [9.17, 15) is 4.79 Å². The Bertz CT molecular complexity index is 961. The summed E-state index contributed by atoms with van der Waals surface area (Å²) in [6.45, 7) is 2.48. The van der Waals surface area contributed by atoms with Gasteiger partial charge in [-0.1, -0.05) is 18.9 Å². The molecule has 2 aromatic rings. The zero-order valence-corrected chi connectivity index (χ0v) is 15.3. The highest BCUT2D eigenvalue weighted by Gasteiger charge is 2.37. The number of nitrogen functional groups attached to an aromatic ring is 1. The molecule has 138 valence electrons. The summed E-state index contributed by atoms with van der Waals surface area (Å²) in [6.07, 6.45) is 6.55. The van der Waals surface area contributed by atoms with Crippen molar-refractivity contribution in [3.05, 3.63) is 41.1 Å². The number of rotatable bonds is 4. The molecule has 1 aliphatic carbocycles. The van der Waals surface area contributed by atoms with E-state index < -0.39 is 5.92 Å². The van der Waals surface area contributed by atoms with Crippen LogP contribution in [0.2, 0.25) is 0 Å². The molecule has 7 nitrogen and oxygen atoms in total. The SMILES string of the molecule is CCN=C(c1cn(C2CCCC2)nc1N)C1C(=O)Nc2cc(C#N)ccc21. The zero-order chi connectivity index (χ0) is 19.0. The average Bonchev–Trinajstić information content (AvgIpc) is 3.37. The molecule has 1 saturated carbocycles. The Kier molecular flexibility index (Phi) is 4.40. The molecule has 1 atom stereocenters. The van der Waals surface area contributed by atoms with E-state index in [1.807, 2.05) is 23.9 Å². The van der Waals surface area contributed by atoms with Gasteiger partial charge in [-0.3, -0.25) is 14.5 Å². The molecular weight excluding hydrogens is 340 g/mol. The number of fused-ring (bicyclic) bond motifs is 1. The molecule has 2 heterocycles. The molecule has 1 aromatic carbocycles. The van der Waals surface area contributed by atoms with Crippen LogP contribution in [0, 0.1) is 11.3 Å². The van der Waals surface area contributed by atoms with Crippen LogP contribution in [0.5, 0.6) is 0 Å². The fraction of sp³-hybridized carbons (Fsp3) is 0.400. The number of nitrogens with two attached hydrogens (primary N) is 1. The Hall–Kier alpha value is -3.14. The van der Waals surface area contributed by atoms with E-state index in [0.29, 0.717) is 35.4 Å². The number of carbonyl (C=O) groups is 1. The van der Waals surface area contributed by atoms with Gasteiger partial charge in [-0.2, -0.15) is 10.4 Å². The molecule has 2 aliphatic rings. The van der Waals surface area contributed by atoms with Crippen LogP contribution in [0.15, 0.2) is 29.4 Å². The number of hydrogen-bond acceptors (Lipinski definition) is 5. The fourth-order valence-corrected chi connectivity index (χ4v) is 4.06. The van der Waals surface area contributed by atoms with Crippen LogP contribution >= 0.6 is 0 Å². The van der Waals surface area contributed by atoms with Crippen LogP contribution in [0.25, 0.3) is 0 Å². The van der Waals surface area contributed by atoms with Crippen molar-refractivity contribution in [2.24, 2.45) is 4.99 Å². The maximum absolute atomic E-state index is 12.8. The first-order valence-electron chi connectivity index (χ1n) is 9.36. The van der Waals surface area contributed by atoms with Gasteiger partial charge in [0.1, 0.15) is 5.92 Å². The number of aromatic nitrogens is 2. The van der Waals surface area contributed by atoms with Crippen LogP contribution in [0.1, 0.15) is 61.3 Å². The molecule has 3 N–H and O–H groups in total. The number of nitrogens with one attached hydrogen (secondary N) is 1. The third kappa shape index (κ3) is 2.97. The molecule has 4 rings (SSSR count). The largest absolute Gasteiger partial charge is 0.382 e. The van der Waals surface area contributed by atoms with Gasteiger partial charge < -0.3 is 11.1 Å². The molecule has 0 bridgehead atoms. The van der Waals surface area contributed by atoms with Gasteiger partial charge in [0.15, 0.2) is 5.82 Å². The van der Waals surface area contributed by atoms with Crippen LogP contribution < -0.4 is 11.1 Å². The van der Waals surface area contributed by atoms with Crippen molar-refractivity contribution in [1.82, 2.24) is 9.78 Å². The van der Waals surface area contributed by atoms with Crippen molar-refractivity contribution in [3.8, 4) is 6.07 Å². The lowest BCUT2D eigenvalue weighted by molar-refractivity contribution is -0.115. The Morgan fingerprint density at radius 2 is 2.22 bits per heavy atom. The number of aliphatic imine (C=N–C) groups is 1. The Morgan fingerprint density at radius 3 is 2.93 bits per heavy atom. The number of amides is 1. The van der Waals surface area contributed by atoms with Crippen molar-refractivity contribution < 1.29 is 4.79 Å². The molecule has 1 aromatic heterocycles. The van der Waals surface area contributed by atoms with Gasteiger partial charge in [0.25, 0.3) is 0 Å². The summed E-state index contributed by atoms with van der Waals surface area (Å²) >= 11 is 0. The predicted molar refractivity (Wildman–Crippen MR) is 104 cm³/mol. The standard InChI is InChI=1S/C20H22N6O/c1-2-23-18(15-11-26(25-19(15)22)13-5-3-4-6-13)17-14-8-7-12(10-21)9-16(14)24-20(17)27/h7-9,11,13,17H,2-6H2,1H3,(H2,22,25)(H,24,27). The molecule has 1 fully saturated rings. The maximum atomic E-state index is 12.8. The summed E-state index contributed by atoms with van der Waals surface area (Å²) < 4.78 is 1.94. The normalized spacial score (nSPS) is 19.8. The lowest BCUT2D eigenvalue weighted by Crippen LogP contribution is -2.22. The summed E-state index contributed by atoms with van der Waals surface area (Å²) in [5, 5.41) is 16.5. The van der Waals surface area contributed by atoms with Crippen molar-refractivity contribution in [2.75, 3.05) is 17.6 Å². The summed E-state index contributed by atoms with van der Waals surface area (Å²) in [6, 6.07) is 7.71. The number of anilines is 2. The molecule has 0 radical (unpaired) electrons. The number of nitriles is 1. The lowest BCUT2D eigenvalue weighted by atomic mass is 9.91. The van der Waals surface area contributed by atoms with Gasteiger partial charge in [-0.25, -0.2) is 0 Å². The Balaban J connectivity index is 1.76. The van der Waals surface area contributed by atoms with Crippen LogP contribution in [0.4, 0.5) is 11.5 Å². The van der Waals surface area contributed by atoms with E-state index in [0.717, 1.165) is 24.0 Å². The fourth-order valence-electron chi connectivity index (χ4n) is 4.06. The number of hydrogen-bond donors (Lipinski definition) is 2. The first-order chi connectivity index (χ1) is 13.1. The summed E-state index contributed by atoms with van der Waals surface area (Å²) in [4.78, 5) is 17.4. The second-order valence-corrected chi connectivity index (χ2v) is 7.04. The van der Waals surface area contributed by atoms with E-state index in [1.165, 1.54) is 12.8 Å². The Labute approximate surface area is 157 Å². The van der Waals surface area contributed by atoms with Crippen LogP contribution in [-0.4, -0.2) is 27.9 Å². The van der Waals surface area contributed by atoms with Gasteiger partial charge in [-0.15, -0.1) is 0 Å². The quantitative estimate of drug-likeness (QED) is 0.815. The lowest BCUT2D eigenvalue weighted by Gasteiger charge is -2.13. The molecule has 1 unspecified atom stereocenters. The molecule has 27 heavy (non-hydrogen) atoms. The van der Waals surface area contributed by atoms with Gasteiger partial charge in [-0.05, 0) is 37.5 Å². The monoisotopic (exact) mass is 362 g/mol. The minimum atomic E-state index is -0.545. The van der Waals surface area contributed by atoms with E-state index in [2.05, 4.69) is 21.5 Å². The van der Waals surface area contributed by atoms with E-state index in [1.54, 1.807) is 12.1 Å². The first-order valence-corrected chi connectivity index (χ1v) is 9.36. The predicted octanol–water partition coefficient (Wildman–Crippen LogP) is 3.00. The third-order valence-corrected chi connectivity index (χ3v) is 5.35. The molecular formula is C20H22N6O. The molecule has 1 aliphatic heterocycles. The van der Waals surface area contributed by atoms with Gasteiger partial charge in [0, 0.05) is 18.4 Å². The van der Waals surface area contributed by atoms with Gasteiger partial charge in [0.2, 0.25) is 5.91 Å². The first kappa shape index (κ1) is 17.3. The Morgan fingerprint density at radius 1 is 1.44 bits per heavy atom. The van der Waals surface area contributed by atoms with Crippen molar-refractivity contribution >= 4 is 23.1 Å². The topological polar surface area (TPSA) is 109 Å². The molecule has 0 saturated heterocycles. The smallest absolute Gasteiger partial charge is 0.238 e. The van der Waals surface area contributed by atoms with Crippen molar-refractivity contribution in [1.29, 1.82) is 5.26 Å². The second-order valence-electron chi connectivity index (χ2n) is 7.04. The highest BCUT2D eigenvalue weighted by molar-refractivity contribution is 6.24. The zero-order valence-electron chi connectivity index (χ0n) is 15.3. The van der Waals surface area contributed by atoms with E-state index in [-0.39, 0.29) is 5.91 Å². The highest BCUT2D eigenvalue weighted by Crippen LogP contribution is 2.37. The highest BCUT2D eigenvalue weighted by atomic mass is 16.2. The van der Waals surface area contributed by atoms with Crippen molar-refractivity contribution in [2.45, 2.75) is 44.6 Å². The van der Waals surface area contributed by atoms with E-state index >= 15 is 0 Å². The summed E-state index contributed by atoms with van der Waals surface area (Å²) in [5.74, 6) is -0.291. The molecule has 7 heteroatoms. The van der Waals surface area contributed by atoms with Crippen LogP contribution in [0.3, 0.4) is 0 Å². The number of benzene rings is 1. The molecule has 1 amide bonds. The van der Waals surface area contributed by atoms with Gasteiger partial charge >= 0.3 is 0 Å². The summed E-state index contributed by atoms with van der Waals surface area (Å²) in [5.41, 5.74) is 9.59. The van der Waals surface area contributed by atoms with Crippen molar-refractivity contribution in [3.63, 3.8) is 0 Å². The number of nitrogens with zero attached hydrogens (tertiary/aromatic N) is 4. The number of carbonyl (C=O) groups excluding carboxylic acids is 1. The van der Waals surface area contributed by atoms with Gasteiger partial charge in [0.05, 0.1) is 28.9 Å². The average molecular weight is 362 g/mol. The second kappa shape index (κ2) is 6.88. The molecule has 0 spiro atoms. The summed E-state index contributed by atoms with van der Waals surface area (Å²) in [7, 11) is 0. The maximum Gasteiger partial charge on any atom is 0.238 e. The third-order valence-electron chi connectivity index (χ3n) is 5.35. The minimum Gasteiger partial charge on any atom is -0.382 e. The minimum absolute atomic E-state index is 0.152. The van der Waals surface area contributed by atoms with Crippen LogP contribution in [-0.2, 0) is 4.79 Å². The van der Waals surface area contributed by atoms with E-state index in [4.69, 9.17) is 11.0 Å².